The summed E-state index contributed by atoms with van der Waals surface area (Å²) in [5.41, 5.74) is 0. The second-order valence-corrected chi connectivity index (χ2v) is 4.84. The van der Waals surface area contributed by atoms with Gasteiger partial charge >= 0.3 is 5.97 Å². The molecule has 0 rings (SSSR count). The minimum absolute atomic E-state index is 0.109. The van der Waals surface area contributed by atoms with Gasteiger partial charge in [0.15, 0.2) is 0 Å². The number of ether oxygens (including phenoxy) is 1. The topological polar surface area (TPSA) is 41.6 Å². The van der Waals surface area contributed by atoms with E-state index in [-0.39, 0.29) is 12.0 Å². The first-order valence-corrected chi connectivity index (χ1v) is 7.81. The lowest BCUT2D eigenvalue weighted by molar-refractivity contribution is -0.145. The molecular weight excluding hydrogens is 240 g/mol. The van der Waals surface area contributed by atoms with Gasteiger partial charge in [-0.2, -0.15) is 0 Å². The van der Waals surface area contributed by atoms with Crippen LogP contribution in [0.3, 0.4) is 0 Å². The van der Waals surface area contributed by atoms with E-state index in [2.05, 4.69) is 31.0 Å². The summed E-state index contributed by atoms with van der Waals surface area (Å²) in [4.78, 5) is 14.3. The molecule has 4 nitrogen and oxygen atoms in total. The number of hydrogen-bond acceptors (Lipinski definition) is 4. The average Bonchev–Trinajstić information content (AvgIpc) is 2.42. The standard InChI is InChI=1S/C15H32N2O2/c1-5-9-12-17(7-3)13-10-14(16-11-6-2)15(18)19-8-4/h14,16H,5-13H2,1-4H3. The molecule has 1 unspecified atom stereocenters. The summed E-state index contributed by atoms with van der Waals surface area (Å²) < 4.78 is 5.13. The lowest BCUT2D eigenvalue weighted by Gasteiger charge is -2.23. The number of esters is 1. The van der Waals surface area contributed by atoms with E-state index in [1.54, 1.807) is 0 Å². The van der Waals surface area contributed by atoms with Crippen LogP contribution < -0.4 is 5.32 Å². The zero-order valence-corrected chi connectivity index (χ0v) is 13.2. The van der Waals surface area contributed by atoms with Crippen molar-refractivity contribution < 1.29 is 9.53 Å². The van der Waals surface area contributed by atoms with Crippen molar-refractivity contribution >= 4 is 5.97 Å². The molecule has 0 aromatic rings. The molecule has 19 heavy (non-hydrogen) atoms. The molecule has 0 spiro atoms. The van der Waals surface area contributed by atoms with Crippen molar-refractivity contribution in [1.82, 2.24) is 10.2 Å². The van der Waals surface area contributed by atoms with Crippen LogP contribution in [0.2, 0.25) is 0 Å². The fourth-order valence-corrected chi connectivity index (χ4v) is 1.99. The van der Waals surface area contributed by atoms with Gasteiger partial charge in [-0.1, -0.05) is 27.2 Å². The molecule has 4 heteroatoms. The van der Waals surface area contributed by atoms with Crippen LogP contribution in [0.4, 0.5) is 0 Å². The summed E-state index contributed by atoms with van der Waals surface area (Å²) in [6.45, 7) is 12.8. The molecule has 0 aliphatic carbocycles. The Hall–Kier alpha value is -0.610. The Morgan fingerprint density at radius 2 is 1.89 bits per heavy atom. The number of hydrogen-bond donors (Lipinski definition) is 1. The van der Waals surface area contributed by atoms with Crippen LogP contribution in [0.5, 0.6) is 0 Å². The second-order valence-electron chi connectivity index (χ2n) is 4.84. The van der Waals surface area contributed by atoms with Gasteiger partial charge in [0.1, 0.15) is 6.04 Å². The Balaban J connectivity index is 4.17. The first kappa shape index (κ1) is 18.4. The lowest BCUT2D eigenvalue weighted by Crippen LogP contribution is -2.41. The first-order valence-electron chi connectivity index (χ1n) is 7.81. The highest BCUT2D eigenvalue weighted by Crippen LogP contribution is 2.02. The van der Waals surface area contributed by atoms with E-state index in [0.29, 0.717) is 6.61 Å². The molecule has 0 aromatic heterocycles. The van der Waals surface area contributed by atoms with Crippen LogP contribution >= 0.6 is 0 Å². The van der Waals surface area contributed by atoms with Crippen molar-refractivity contribution in [3.8, 4) is 0 Å². The molecule has 1 N–H and O–H groups in total. The molecule has 0 saturated heterocycles. The summed E-state index contributed by atoms with van der Waals surface area (Å²) in [5.74, 6) is -0.109. The summed E-state index contributed by atoms with van der Waals surface area (Å²) >= 11 is 0. The normalized spacial score (nSPS) is 12.7. The van der Waals surface area contributed by atoms with Crippen molar-refractivity contribution in [2.45, 2.75) is 59.4 Å². The smallest absolute Gasteiger partial charge is 0.323 e. The van der Waals surface area contributed by atoms with Crippen molar-refractivity contribution in [2.75, 3.05) is 32.8 Å². The van der Waals surface area contributed by atoms with E-state index in [1.807, 2.05) is 6.92 Å². The van der Waals surface area contributed by atoms with Crippen molar-refractivity contribution in [2.24, 2.45) is 0 Å². The van der Waals surface area contributed by atoms with E-state index in [4.69, 9.17) is 4.74 Å². The molecular formula is C15H32N2O2. The summed E-state index contributed by atoms with van der Waals surface area (Å²) in [6.07, 6.45) is 4.30. The highest BCUT2D eigenvalue weighted by atomic mass is 16.5. The number of nitrogens with zero attached hydrogens (tertiary/aromatic N) is 1. The third kappa shape index (κ3) is 9.00. The Bertz CT molecular complexity index is 222. The molecule has 0 saturated carbocycles. The molecule has 0 aliphatic rings. The fraction of sp³-hybridized carbons (Fsp3) is 0.933. The zero-order chi connectivity index (χ0) is 14.5. The van der Waals surface area contributed by atoms with Gasteiger partial charge in [-0.25, -0.2) is 0 Å². The number of nitrogens with one attached hydrogen (secondary N) is 1. The molecule has 0 radical (unpaired) electrons. The molecule has 0 aromatic carbocycles. The minimum Gasteiger partial charge on any atom is -0.465 e. The van der Waals surface area contributed by atoms with Gasteiger partial charge in [0, 0.05) is 6.54 Å². The highest BCUT2D eigenvalue weighted by Gasteiger charge is 2.19. The fourth-order valence-electron chi connectivity index (χ4n) is 1.99. The summed E-state index contributed by atoms with van der Waals surface area (Å²) in [5, 5.41) is 3.29. The SMILES string of the molecule is CCCCN(CC)CCC(NCCC)C(=O)OCC. The van der Waals surface area contributed by atoms with Crippen LogP contribution in [-0.2, 0) is 9.53 Å². The third-order valence-electron chi connectivity index (χ3n) is 3.22. The van der Waals surface area contributed by atoms with Gasteiger partial charge in [-0.05, 0) is 45.8 Å². The van der Waals surface area contributed by atoms with Crippen LogP contribution in [0, 0.1) is 0 Å². The number of carbonyl (C=O) groups excluding carboxylic acids is 1. The first-order chi connectivity index (χ1) is 9.19. The minimum atomic E-state index is -0.157. The molecule has 1 atom stereocenters. The molecule has 0 aliphatic heterocycles. The Labute approximate surface area is 118 Å². The van der Waals surface area contributed by atoms with Gasteiger partial charge in [-0.3, -0.25) is 4.79 Å². The van der Waals surface area contributed by atoms with Crippen LogP contribution in [0.25, 0.3) is 0 Å². The van der Waals surface area contributed by atoms with E-state index in [0.717, 1.165) is 39.0 Å². The second kappa shape index (κ2) is 12.4. The van der Waals surface area contributed by atoms with Crippen LogP contribution in [0.1, 0.15) is 53.4 Å². The van der Waals surface area contributed by atoms with Crippen molar-refractivity contribution in [1.29, 1.82) is 0 Å². The van der Waals surface area contributed by atoms with Crippen LogP contribution in [-0.4, -0.2) is 49.7 Å². The quantitative estimate of drug-likeness (QED) is 0.554. The molecule has 0 bridgehead atoms. The summed E-state index contributed by atoms with van der Waals surface area (Å²) in [6, 6.07) is -0.157. The van der Waals surface area contributed by atoms with E-state index < -0.39 is 0 Å². The molecule has 0 heterocycles. The van der Waals surface area contributed by atoms with Gasteiger partial charge in [0.2, 0.25) is 0 Å². The van der Waals surface area contributed by atoms with Crippen molar-refractivity contribution in [3.63, 3.8) is 0 Å². The predicted octanol–water partition coefficient (Wildman–Crippen LogP) is 2.43. The maximum Gasteiger partial charge on any atom is 0.323 e. The summed E-state index contributed by atoms with van der Waals surface area (Å²) in [7, 11) is 0. The van der Waals surface area contributed by atoms with E-state index >= 15 is 0 Å². The van der Waals surface area contributed by atoms with Gasteiger partial charge in [0.05, 0.1) is 6.61 Å². The zero-order valence-electron chi connectivity index (χ0n) is 13.2. The molecule has 0 fully saturated rings. The lowest BCUT2D eigenvalue weighted by atomic mass is 10.2. The molecule has 0 amide bonds. The van der Waals surface area contributed by atoms with Gasteiger partial charge < -0.3 is 15.0 Å². The maximum atomic E-state index is 11.9. The largest absolute Gasteiger partial charge is 0.465 e. The maximum absolute atomic E-state index is 11.9. The van der Waals surface area contributed by atoms with E-state index in [1.165, 1.54) is 12.8 Å². The average molecular weight is 272 g/mol. The van der Waals surface area contributed by atoms with Crippen LogP contribution in [0.15, 0.2) is 0 Å². The predicted molar refractivity (Wildman–Crippen MR) is 80.4 cm³/mol. The monoisotopic (exact) mass is 272 g/mol. The third-order valence-corrected chi connectivity index (χ3v) is 3.22. The van der Waals surface area contributed by atoms with E-state index in [9.17, 15) is 4.79 Å². The van der Waals surface area contributed by atoms with Gasteiger partial charge in [0.25, 0.3) is 0 Å². The number of unbranched alkanes of at least 4 members (excludes halogenated alkanes) is 1. The number of rotatable bonds is 12. The number of carbonyl (C=O) groups is 1. The Kier molecular flexibility index (Phi) is 12.0. The Morgan fingerprint density at radius 3 is 2.42 bits per heavy atom. The van der Waals surface area contributed by atoms with Gasteiger partial charge in [-0.15, -0.1) is 0 Å². The Morgan fingerprint density at radius 1 is 1.16 bits per heavy atom. The highest BCUT2D eigenvalue weighted by molar-refractivity contribution is 5.75. The van der Waals surface area contributed by atoms with Crippen molar-refractivity contribution in [3.05, 3.63) is 0 Å². The molecule has 114 valence electrons.